The van der Waals surface area contributed by atoms with Crippen LogP contribution in [-0.2, 0) is 4.79 Å². The van der Waals surface area contributed by atoms with Crippen LogP contribution < -0.4 is 11.1 Å². The third-order valence-electron chi connectivity index (χ3n) is 2.26. The second-order valence-corrected chi connectivity index (χ2v) is 4.29. The first-order chi connectivity index (χ1) is 6.95. The molecule has 0 bridgehead atoms. The Morgan fingerprint density at radius 1 is 1.41 bits per heavy atom. The van der Waals surface area contributed by atoms with Gasteiger partial charge in [-0.05, 0) is 32.4 Å². The van der Waals surface area contributed by atoms with Crippen molar-refractivity contribution in [2.75, 3.05) is 11.9 Å². The second kappa shape index (κ2) is 7.48. The van der Waals surface area contributed by atoms with Crippen molar-refractivity contribution >= 4 is 36.4 Å². The molecule has 0 aliphatic rings. The minimum Gasteiger partial charge on any atom is -0.329 e. The lowest BCUT2D eigenvalue weighted by Crippen LogP contribution is -2.37. The average Bonchev–Trinajstić information content (AvgIpc) is 2.17. The lowest BCUT2D eigenvalue weighted by atomic mass is 9.92. The molecule has 17 heavy (non-hydrogen) atoms. The first kappa shape index (κ1) is 18.5. The molecule has 0 saturated carbocycles. The van der Waals surface area contributed by atoms with Crippen LogP contribution in [-0.4, -0.2) is 17.4 Å². The van der Waals surface area contributed by atoms with E-state index in [1.54, 1.807) is 12.4 Å². The number of anilines is 1. The maximum atomic E-state index is 11.8. The summed E-state index contributed by atoms with van der Waals surface area (Å²) in [6.07, 6.45) is 3.36. The Morgan fingerprint density at radius 2 is 2.00 bits per heavy atom. The van der Waals surface area contributed by atoms with Crippen LogP contribution in [0.15, 0.2) is 18.5 Å². The van der Waals surface area contributed by atoms with Crippen molar-refractivity contribution in [2.24, 2.45) is 11.1 Å². The first-order valence-electron chi connectivity index (χ1n) is 4.89. The summed E-state index contributed by atoms with van der Waals surface area (Å²) in [6.45, 7) is 5.87. The quantitative estimate of drug-likeness (QED) is 0.891. The van der Waals surface area contributed by atoms with Gasteiger partial charge in [-0.25, -0.2) is 0 Å². The molecule has 0 spiro atoms. The van der Waals surface area contributed by atoms with E-state index in [0.717, 1.165) is 5.56 Å². The highest BCUT2D eigenvalue weighted by Crippen LogP contribution is 2.16. The van der Waals surface area contributed by atoms with Crippen LogP contribution in [0.1, 0.15) is 19.4 Å². The van der Waals surface area contributed by atoms with Gasteiger partial charge in [0.1, 0.15) is 0 Å². The molecule has 0 aliphatic carbocycles. The highest BCUT2D eigenvalue weighted by atomic mass is 35.5. The molecule has 1 rings (SSSR count). The molecule has 3 N–H and O–H groups in total. The fourth-order valence-corrected chi connectivity index (χ4v) is 1.02. The number of carbonyl (C=O) groups is 1. The fraction of sp³-hybridized carbons (Fsp3) is 0.455. The van der Waals surface area contributed by atoms with Gasteiger partial charge < -0.3 is 11.1 Å². The zero-order valence-electron chi connectivity index (χ0n) is 10.2. The van der Waals surface area contributed by atoms with Gasteiger partial charge in [-0.2, -0.15) is 0 Å². The van der Waals surface area contributed by atoms with Gasteiger partial charge in [0.25, 0.3) is 0 Å². The Labute approximate surface area is 114 Å². The number of hydrogen-bond donors (Lipinski definition) is 2. The highest BCUT2D eigenvalue weighted by molar-refractivity contribution is 5.94. The number of aryl methyl sites for hydroxylation is 1. The van der Waals surface area contributed by atoms with Crippen molar-refractivity contribution in [1.82, 2.24) is 4.98 Å². The number of nitrogens with two attached hydrogens (primary N) is 1. The van der Waals surface area contributed by atoms with Gasteiger partial charge in [0, 0.05) is 12.7 Å². The largest absolute Gasteiger partial charge is 0.329 e. The van der Waals surface area contributed by atoms with E-state index >= 15 is 0 Å². The molecular formula is C11H19Cl2N3O. The Bertz CT molecular complexity index is 369. The molecule has 0 aliphatic heterocycles. The van der Waals surface area contributed by atoms with Gasteiger partial charge in [-0.3, -0.25) is 9.78 Å². The smallest absolute Gasteiger partial charge is 0.231 e. The van der Waals surface area contributed by atoms with Crippen LogP contribution >= 0.6 is 24.8 Å². The lowest BCUT2D eigenvalue weighted by Gasteiger charge is -2.21. The second-order valence-electron chi connectivity index (χ2n) is 4.29. The third kappa shape index (κ3) is 5.35. The maximum absolute atomic E-state index is 11.8. The van der Waals surface area contributed by atoms with E-state index in [1.807, 2.05) is 26.8 Å². The van der Waals surface area contributed by atoms with E-state index in [2.05, 4.69) is 10.3 Å². The van der Waals surface area contributed by atoms with Crippen LogP contribution in [0, 0.1) is 12.3 Å². The van der Waals surface area contributed by atoms with Crippen LogP contribution in [0.25, 0.3) is 0 Å². The van der Waals surface area contributed by atoms with Gasteiger partial charge in [0.05, 0.1) is 17.3 Å². The summed E-state index contributed by atoms with van der Waals surface area (Å²) in [6, 6.07) is 1.87. The molecule has 0 fully saturated rings. The topological polar surface area (TPSA) is 68.0 Å². The molecule has 1 aromatic rings. The SMILES string of the molecule is Cc1cncc(NC(=O)C(C)(C)CN)c1.Cl.Cl. The number of amides is 1. The van der Waals surface area contributed by atoms with E-state index < -0.39 is 5.41 Å². The van der Waals surface area contributed by atoms with Crippen LogP contribution in [0.4, 0.5) is 5.69 Å². The third-order valence-corrected chi connectivity index (χ3v) is 2.26. The highest BCUT2D eigenvalue weighted by Gasteiger charge is 2.25. The van der Waals surface area contributed by atoms with E-state index in [-0.39, 0.29) is 30.7 Å². The Balaban J connectivity index is 0. The molecule has 0 saturated heterocycles. The minimum atomic E-state index is -0.552. The predicted molar refractivity (Wildman–Crippen MR) is 74.9 cm³/mol. The number of aromatic nitrogens is 1. The number of nitrogens with one attached hydrogen (secondary N) is 1. The molecule has 1 amide bonds. The Morgan fingerprint density at radius 3 is 2.47 bits per heavy atom. The van der Waals surface area contributed by atoms with Crippen LogP contribution in [0.5, 0.6) is 0 Å². The summed E-state index contributed by atoms with van der Waals surface area (Å²) < 4.78 is 0. The molecule has 0 radical (unpaired) electrons. The Hall–Kier alpha value is -0.840. The van der Waals surface area contributed by atoms with Crippen molar-refractivity contribution in [1.29, 1.82) is 0 Å². The predicted octanol–water partition coefficient (Wildman–Crippen LogP) is 2.16. The van der Waals surface area contributed by atoms with Crippen molar-refractivity contribution in [3.8, 4) is 0 Å². The van der Waals surface area contributed by atoms with E-state index in [9.17, 15) is 4.79 Å². The summed E-state index contributed by atoms with van der Waals surface area (Å²) in [5.41, 5.74) is 6.68. The molecule has 1 aromatic heterocycles. The van der Waals surface area contributed by atoms with Crippen molar-refractivity contribution in [3.63, 3.8) is 0 Å². The van der Waals surface area contributed by atoms with Gasteiger partial charge in [-0.1, -0.05) is 0 Å². The van der Waals surface area contributed by atoms with Crippen molar-refractivity contribution < 1.29 is 4.79 Å². The molecule has 0 aromatic carbocycles. The molecule has 0 atom stereocenters. The number of hydrogen-bond acceptors (Lipinski definition) is 3. The Kier molecular flexibility index (Phi) is 8.15. The lowest BCUT2D eigenvalue weighted by molar-refractivity contribution is -0.123. The standard InChI is InChI=1S/C11H17N3O.2ClH/c1-8-4-9(6-13-5-8)14-10(15)11(2,3)7-12;;/h4-6H,7,12H2,1-3H3,(H,14,15);2*1H. The number of carbonyl (C=O) groups excluding carboxylic acids is 1. The fourth-order valence-electron chi connectivity index (χ4n) is 1.02. The molecule has 1 heterocycles. The van der Waals surface area contributed by atoms with Crippen LogP contribution in [0.2, 0.25) is 0 Å². The van der Waals surface area contributed by atoms with Gasteiger partial charge >= 0.3 is 0 Å². The summed E-state index contributed by atoms with van der Waals surface area (Å²) in [4.78, 5) is 15.8. The maximum Gasteiger partial charge on any atom is 0.231 e. The minimum absolute atomic E-state index is 0. The zero-order chi connectivity index (χ0) is 11.5. The number of halogens is 2. The molecule has 98 valence electrons. The molecule has 6 heteroatoms. The van der Waals surface area contributed by atoms with Gasteiger partial charge in [0.2, 0.25) is 5.91 Å². The van der Waals surface area contributed by atoms with E-state index in [1.165, 1.54) is 0 Å². The van der Waals surface area contributed by atoms with Crippen LogP contribution in [0.3, 0.4) is 0 Å². The van der Waals surface area contributed by atoms with Gasteiger partial charge in [0.15, 0.2) is 0 Å². The molecule has 0 unspecified atom stereocenters. The number of rotatable bonds is 3. The number of nitrogens with zero attached hydrogens (tertiary/aromatic N) is 1. The average molecular weight is 280 g/mol. The summed E-state index contributed by atoms with van der Waals surface area (Å²) in [5.74, 6) is -0.0857. The van der Waals surface area contributed by atoms with E-state index in [4.69, 9.17) is 5.73 Å². The zero-order valence-corrected chi connectivity index (χ0v) is 11.8. The van der Waals surface area contributed by atoms with E-state index in [0.29, 0.717) is 12.2 Å². The number of pyridine rings is 1. The van der Waals surface area contributed by atoms with Crippen molar-refractivity contribution in [3.05, 3.63) is 24.0 Å². The summed E-state index contributed by atoms with van der Waals surface area (Å²) >= 11 is 0. The molecular weight excluding hydrogens is 261 g/mol. The first-order valence-corrected chi connectivity index (χ1v) is 4.89. The monoisotopic (exact) mass is 279 g/mol. The summed E-state index contributed by atoms with van der Waals surface area (Å²) in [5, 5.41) is 2.79. The molecule has 4 nitrogen and oxygen atoms in total. The summed E-state index contributed by atoms with van der Waals surface area (Å²) in [7, 11) is 0. The van der Waals surface area contributed by atoms with Gasteiger partial charge in [-0.15, -0.1) is 24.8 Å². The van der Waals surface area contributed by atoms with Crippen molar-refractivity contribution in [2.45, 2.75) is 20.8 Å². The normalized spacial score (nSPS) is 9.88.